The van der Waals surface area contributed by atoms with Crippen LogP contribution in [0.25, 0.3) is 0 Å². The first-order chi connectivity index (χ1) is 15.8. The van der Waals surface area contributed by atoms with Crippen molar-refractivity contribution in [2.24, 2.45) is 29.1 Å². The van der Waals surface area contributed by atoms with Gasteiger partial charge in [0.15, 0.2) is 0 Å². The molecule has 188 valence electrons. The van der Waals surface area contributed by atoms with Gasteiger partial charge in [0, 0.05) is 17.6 Å². The molecule has 4 atom stereocenters. The van der Waals surface area contributed by atoms with Gasteiger partial charge in [0.2, 0.25) is 0 Å². The maximum Gasteiger partial charge on any atom is 0.333 e. The molecule has 8 rings (SSSR count). The second-order valence-corrected chi connectivity index (χ2v) is 13.2. The molecule has 0 aliphatic heterocycles. The maximum atomic E-state index is 11.7. The minimum absolute atomic E-state index is 0.0265. The summed E-state index contributed by atoms with van der Waals surface area (Å²) in [4.78, 5) is 22.7. The molecule has 0 saturated heterocycles. The molecule has 0 aromatic heterocycles. The molecular formula is C28H40O6. The van der Waals surface area contributed by atoms with Gasteiger partial charge < -0.3 is 20.1 Å². The number of rotatable bonds is 4. The number of hydrogen-bond acceptors (Lipinski definition) is 5. The highest BCUT2D eigenvalue weighted by Crippen LogP contribution is 2.62. The van der Waals surface area contributed by atoms with Crippen molar-refractivity contribution in [3.8, 4) is 0 Å². The van der Waals surface area contributed by atoms with Gasteiger partial charge >= 0.3 is 11.9 Å². The van der Waals surface area contributed by atoms with Crippen LogP contribution in [0.3, 0.4) is 0 Å². The van der Waals surface area contributed by atoms with Crippen molar-refractivity contribution < 1.29 is 29.6 Å². The molecule has 8 aliphatic rings. The maximum absolute atomic E-state index is 11.7. The fraction of sp³-hybridized carbons (Fsp3) is 0.786. The second-order valence-electron chi connectivity index (χ2n) is 13.2. The molecular weight excluding hydrogens is 432 g/mol. The first-order valence-corrected chi connectivity index (χ1v) is 13.1. The van der Waals surface area contributed by atoms with E-state index in [1.54, 1.807) is 13.8 Å². The van der Waals surface area contributed by atoms with Gasteiger partial charge in [-0.3, -0.25) is 0 Å². The summed E-state index contributed by atoms with van der Waals surface area (Å²) in [7, 11) is 0. The van der Waals surface area contributed by atoms with E-state index in [1.807, 2.05) is 6.08 Å². The third-order valence-electron chi connectivity index (χ3n) is 9.57. The Morgan fingerprint density at radius 2 is 1.29 bits per heavy atom. The summed E-state index contributed by atoms with van der Waals surface area (Å²) in [6, 6.07) is 0. The zero-order valence-electron chi connectivity index (χ0n) is 20.6. The van der Waals surface area contributed by atoms with Crippen LogP contribution >= 0.6 is 0 Å². The quantitative estimate of drug-likeness (QED) is 0.410. The molecule has 0 spiro atoms. The third-order valence-corrected chi connectivity index (χ3v) is 9.57. The molecule has 34 heavy (non-hydrogen) atoms. The number of carboxylic acid groups (broad SMARTS) is 1. The molecule has 0 amide bonds. The normalized spacial score (nSPS) is 47.7. The average molecular weight is 473 g/mol. The lowest BCUT2D eigenvalue weighted by Crippen LogP contribution is -2.60. The highest BCUT2D eigenvalue weighted by Gasteiger charge is 2.59. The van der Waals surface area contributed by atoms with Gasteiger partial charge in [0.25, 0.3) is 0 Å². The van der Waals surface area contributed by atoms with Gasteiger partial charge in [0.1, 0.15) is 5.60 Å². The highest BCUT2D eigenvalue weighted by molar-refractivity contribution is 5.87. The van der Waals surface area contributed by atoms with Crippen molar-refractivity contribution in [3.63, 3.8) is 0 Å². The summed E-state index contributed by atoms with van der Waals surface area (Å²) < 4.78 is 5.68. The summed E-state index contributed by atoms with van der Waals surface area (Å²) in [5.41, 5.74) is -0.599. The number of carbonyl (C=O) groups excluding carboxylic acids is 1. The summed E-state index contributed by atoms with van der Waals surface area (Å²) in [5.74, 6) is 1.18. The molecule has 8 fully saturated rings. The second kappa shape index (κ2) is 7.92. The Hall–Kier alpha value is -1.66. The Balaban J connectivity index is 0.000000142. The van der Waals surface area contributed by atoms with Crippen LogP contribution in [0.2, 0.25) is 0 Å². The van der Waals surface area contributed by atoms with E-state index in [4.69, 9.17) is 9.84 Å². The topological polar surface area (TPSA) is 104 Å². The lowest BCUT2D eigenvalue weighted by atomic mass is 9.48. The molecule has 6 heteroatoms. The van der Waals surface area contributed by atoms with Gasteiger partial charge in [-0.1, -0.05) is 12.7 Å². The number of hydrogen-bond donors (Lipinski definition) is 3. The molecule has 0 aromatic carbocycles. The zero-order valence-corrected chi connectivity index (χ0v) is 20.6. The molecule has 6 nitrogen and oxygen atoms in total. The number of carboxylic acids is 1. The van der Waals surface area contributed by atoms with E-state index in [0.29, 0.717) is 41.2 Å². The largest absolute Gasteiger partial charge is 0.478 e. The van der Waals surface area contributed by atoms with Gasteiger partial charge in [-0.25, -0.2) is 9.59 Å². The first kappa shape index (κ1) is 24.1. The van der Waals surface area contributed by atoms with E-state index in [-0.39, 0.29) is 11.4 Å². The monoisotopic (exact) mass is 472 g/mol. The molecule has 3 N–H and O–H groups in total. The SMILES string of the molecule is C=C(C)C(=O)OC12CC3CC(CC(O)(C3)C1)C2.CC(=CC12CC3CC(CC(O)(C3)C1)C2)C(=O)O. The van der Waals surface area contributed by atoms with E-state index in [1.165, 1.54) is 12.8 Å². The first-order valence-electron chi connectivity index (χ1n) is 13.1. The van der Waals surface area contributed by atoms with Crippen LogP contribution in [-0.4, -0.2) is 44.1 Å². The summed E-state index contributed by atoms with van der Waals surface area (Å²) >= 11 is 0. The zero-order chi connectivity index (χ0) is 24.5. The van der Waals surface area contributed by atoms with Crippen LogP contribution in [0.1, 0.15) is 90.9 Å². The number of aliphatic hydroxyl groups is 2. The predicted octanol–water partition coefficient (Wildman–Crippen LogP) is 4.54. The van der Waals surface area contributed by atoms with Crippen LogP contribution < -0.4 is 0 Å². The van der Waals surface area contributed by atoms with Crippen molar-refractivity contribution >= 4 is 11.9 Å². The standard InChI is InChI=1S/2C14H20O3/c1-9(12(15)16)3-13-4-10-2-11(5-13)7-14(17,6-10)8-13;1-9(2)12(15)17-14-6-10-3-11(7-14)5-13(16,4-10)8-14/h3,10-11,17H,2,4-8H2,1H3,(H,15,16);10-11,16H,1,3-8H2,2H3. The van der Waals surface area contributed by atoms with E-state index in [0.717, 1.165) is 57.8 Å². The van der Waals surface area contributed by atoms with E-state index < -0.39 is 22.8 Å². The van der Waals surface area contributed by atoms with E-state index in [9.17, 15) is 19.8 Å². The van der Waals surface area contributed by atoms with Crippen molar-refractivity contribution in [1.82, 2.24) is 0 Å². The Morgan fingerprint density at radius 1 is 0.824 bits per heavy atom. The van der Waals surface area contributed by atoms with Crippen molar-refractivity contribution in [3.05, 3.63) is 23.8 Å². The van der Waals surface area contributed by atoms with Crippen LogP contribution in [0.5, 0.6) is 0 Å². The minimum atomic E-state index is -0.826. The van der Waals surface area contributed by atoms with Crippen molar-refractivity contribution in [2.75, 3.05) is 0 Å². The van der Waals surface area contributed by atoms with Gasteiger partial charge in [-0.15, -0.1) is 0 Å². The smallest absolute Gasteiger partial charge is 0.333 e. The lowest BCUT2D eigenvalue weighted by molar-refractivity contribution is -0.217. The molecule has 0 aromatic rings. The molecule has 4 unspecified atom stereocenters. The summed E-state index contributed by atoms with van der Waals surface area (Å²) in [6.45, 7) is 6.98. The van der Waals surface area contributed by atoms with E-state index >= 15 is 0 Å². The van der Waals surface area contributed by atoms with Gasteiger partial charge in [0.05, 0.1) is 11.2 Å². The van der Waals surface area contributed by atoms with Crippen molar-refractivity contribution in [2.45, 2.75) is 108 Å². The number of aliphatic carboxylic acids is 1. The number of ether oxygens (including phenoxy) is 1. The third kappa shape index (κ3) is 4.48. The predicted molar refractivity (Wildman–Crippen MR) is 127 cm³/mol. The highest BCUT2D eigenvalue weighted by atomic mass is 16.6. The fourth-order valence-corrected chi connectivity index (χ4v) is 9.51. The Morgan fingerprint density at radius 3 is 1.71 bits per heavy atom. The number of carbonyl (C=O) groups is 2. The Labute approximate surface area is 202 Å². The minimum Gasteiger partial charge on any atom is -0.478 e. The van der Waals surface area contributed by atoms with Crippen LogP contribution in [0, 0.1) is 29.1 Å². The fourth-order valence-electron chi connectivity index (χ4n) is 9.51. The molecule has 0 radical (unpaired) electrons. The van der Waals surface area contributed by atoms with Crippen molar-refractivity contribution in [1.29, 1.82) is 0 Å². The van der Waals surface area contributed by atoms with Gasteiger partial charge in [-0.05, 0) is 114 Å². The van der Waals surface area contributed by atoms with Crippen LogP contribution in [0.4, 0.5) is 0 Å². The molecule has 8 saturated carbocycles. The summed E-state index contributed by atoms with van der Waals surface area (Å²) in [5, 5.41) is 30.1. The van der Waals surface area contributed by atoms with E-state index in [2.05, 4.69) is 6.58 Å². The van der Waals surface area contributed by atoms with Crippen LogP contribution in [-0.2, 0) is 14.3 Å². The number of esters is 1. The Kier molecular flexibility index (Phi) is 5.61. The molecule has 8 aliphatic carbocycles. The molecule has 0 heterocycles. The Bertz CT molecular complexity index is 903. The summed E-state index contributed by atoms with van der Waals surface area (Å²) in [6.07, 6.45) is 13.5. The van der Waals surface area contributed by atoms with Crippen LogP contribution in [0.15, 0.2) is 23.8 Å². The number of allylic oxidation sites excluding steroid dienone is 1. The average Bonchev–Trinajstić information content (AvgIpc) is 2.63. The molecule has 8 bridgehead atoms. The lowest BCUT2D eigenvalue weighted by Gasteiger charge is -2.59. The van der Waals surface area contributed by atoms with Gasteiger partial charge in [-0.2, -0.15) is 0 Å².